The molecule has 0 unspecified atom stereocenters. The topological polar surface area (TPSA) is 50.2 Å². The molecule has 3 nitrogen and oxygen atoms in total. The zero-order valence-corrected chi connectivity index (χ0v) is 8.83. The highest BCUT2D eigenvalue weighted by molar-refractivity contribution is 6.30. The largest absolute Gasteiger partial charge is 0.481 e. The summed E-state index contributed by atoms with van der Waals surface area (Å²) in [5.74, 6) is -1.47. The second kappa shape index (κ2) is 4.06. The standard InChI is InChI=1S/C11H7ClFNO2/c12-11-7(5-9(15)16)4-6-2-1-3-8(13)10(6)14-11/h1-4H,5H2,(H,15,16). The molecule has 1 heterocycles. The molecule has 0 aliphatic heterocycles. The zero-order valence-electron chi connectivity index (χ0n) is 8.08. The fraction of sp³-hybridized carbons (Fsp3) is 0.0909. The first-order valence-electron chi connectivity index (χ1n) is 4.53. The van der Waals surface area contributed by atoms with Crippen LogP contribution < -0.4 is 0 Å². The number of hydrogen-bond donors (Lipinski definition) is 1. The number of nitrogens with zero attached hydrogens (tertiary/aromatic N) is 1. The fourth-order valence-electron chi connectivity index (χ4n) is 1.47. The number of carboxylic acids is 1. The van der Waals surface area contributed by atoms with Gasteiger partial charge in [0.1, 0.15) is 16.5 Å². The number of aromatic nitrogens is 1. The quantitative estimate of drug-likeness (QED) is 0.820. The first-order valence-corrected chi connectivity index (χ1v) is 4.91. The van der Waals surface area contributed by atoms with Crippen molar-refractivity contribution in [3.05, 3.63) is 40.8 Å². The molecule has 2 rings (SSSR count). The van der Waals surface area contributed by atoms with Gasteiger partial charge < -0.3 is 5.11 Å². The van der Waals surface area contributed by atoms with Gasteiger partial charge in [0.25, 0.3) is 0 Å². The van der Waals surface area contributed by atoms with Crippen LogP contribution in [0.4, 0.5) is 4.39 Å². The van der Waals surface area contributed by atoms with Crippen molar-refractivity contribution >= 4 is 28.5 Å². The van der Waals surface area contributed by atoms with E-state index in [1.807, 2.05) is 0 Å². The molecule has 1 aromatic heterocycles. The number of para-hydroxylation sites is 1. The molecule has 0 bridgehead atoms. The first-order chi connectivity index (χ1) is 7.58. The van der Waals surface area contributed by atoms with E-state index < -0.39 is 11.8 Å². The number of benzene rings is 1. The average molecular weight is 240 g/mol. The summed E-state index contributed by atoms with van der Waals surface area (Å²) in [4.78, 5) is 14.4. The van der Waals surface area contributed by atoms with Gasteiger partial charge in [-0.3, -0.25) is 4.79 Å². The lowest BCUT2D eigenvalue weighted by Gasteiger charge is -2.04. The van der Waals surface area contributed by atoms with Gasteiger partial charge in [-0.2, -0.15) is 0 Å². The van der Waals surface area contributed by atoms with E-state index in [0.29, 0.717) is 10.9 Å². The third-order valence-electron chi connectivity index (χ3n) is 2.16. The van der Waals surface area contributed by atoms with Crippen LogP contribution in [0.5, 0.6) is 0 Å². The molecule has 0 aliphatic rings. The molecule has 0 saturated heterocycles. The number of aliphatic carboxylic acids is 1. The highest BCUT2D eigenvalue weighted by Gasteiger charge is 2.10. The molecule has 2 aromatic rings. The van der Waals surface area contributed by atoms with E-state index >= 15 is 0 Å². The van der Waals surface area contributed by atoms with Crippen LogP contribution in [-0.4, -0.2) is 16.1 Å². The Morgan fingerprint density at radius 3 is 2.94 bits per heavy atom. The third-order valence-corrected chi connectivity index (χ3v) is 2.49. The van der Waals surface area contributed by atoms with Crippen LogP contribution in [0.2, 0.25) is 5.15 Å². The van der Waals surface area contributed by atoms with E-state index in [1.54, 1.807) is 12.1 Å². The van der Waals surface area contributed by atoms with Gasteiger partial charge in [0, 0.05) is 10.9 Å². The van der Waals surface area contributed by atoms with Crippen molar-refractivity contribution in [1.29, 1.82) is 0 Å². The summed E-state index contributed by atoms with van der Waals surface area (Å²) in [6, 6.07) is 6.02. The molecule has 0 spiro atoms. The van der Waals surface area contributed by atoms with Gasteiger partial charge in [-0.25, -0.2) is 9.37 Å². The molecular formula is C11H7ClFNO2. The number of fused-ring (bicyclic) bond motifs is 1. The van der Waals surface area contributed by atoms with Crippen LogP contribution >= 0.6 is 11.6 Å². The molecule has 1 N–H and O–H groups in total. The van der Waals surface area contributed by atoms with Crippen molar-refractivity contribution in [1.82, 2.24) is 4.98 Å². The van der Waals surface area contributed by atoms with Crippen molar-refractivity contribution in [3.63, 3.8) is 0 Å². The Morgan fingerprint density at radius 1 is 1.50 bits per heavy atom. The summed E-state index contributed by atoms with van der Waals surface area (Å²) in [6.45, 7) is 0. The van der Waals surface area contributed by atoms with Gasteiger partial charge in [0.05, 0.1) is 6.42 Å². The molecule has 0 aliphatic carbocycles. The number of hydrogen-bond acceptors (Lipinski definition) is 2. The lowest BCUT2D eigenvalue weighted by atomic mass is 10.1. The lowest BCUT2D eigenvalue weighted by Crippen LogP contribution is -2.02. The molecule has 16 heavy (non-hydrogen) atoms. The molecule has 0 saturated carbocycles. The number of pyridine rings is 1. The molecule has 0 fully saturated rings. The van der Waals surface area contributed by atoms with E-state index in [2.05, 4.69) is 4.98 Å². The van der Waals surface area contributed by atoms with Gasteiger partial charge in [-0.05, 0) is 12.1 Å². The van der Waals surface area contributed by atoms with E-state index in [1.165, 1.54) is 12.1 Å². The minimum absolute atomic E-state index is 0.0278. The Hall–Kier alpha value is -1.68. The van der Waals surface area contributed by atoms with E-state index in [-0.39, 0.29) is 17.1 Å². The minimum Gasteiger partial charge on any atom is -0.481 e. The van der Waals surface area contributed by atoms with Gasteiger partial charge in [0.15, 0.2) is 0 Å². The third kappa shape index (κ3) is 1.97. The van der Waals surface area contributed by atoms with E-state index in [0.717, 1.165) is 0 Å². The molecule has 5 heteroatoms. The van der Waals surface area contributed by atoms with Crippen molar-refractivity contribution < 1.29 is 14.3 Å². The Morgan fingerprint density at radius 2 is 2.25 bits per heavy atom. The predicted molar refractivity (Wildman–Crippen MR) is 58.1 cm³/mol. The normalized spacial score (nSPS) is 10.6. The zero-order chi connectivity index (χ0) is 11.7. The maximum atomic E-state index is 13.3. The van der Waals surface area contributed by atoms with Crippen LogP contribution in [0.25, 0.3) is 10.9 Å². The summed E-state index contributed by atoms with van der Waals surface area (Å²) in [7, 11) is 0. The highest BCUT2D eigenvalue weighted by Crippen LogP contribution is 2.22. The molecular weight excluding hydrogens is 233 g/mol. The van der Waals surface area contributed by atoms with Gasteiger partial charge >= 0.3 is 5.97 Å². The maximum Gasteiger partial charge on any atom is 0.307 e. The molecule has 82 valence electrons. The lowest BCUT2D eigenvalue weighted by molar-refractivity contribution is -0.136. The first kappa shape index (κ1) is 10.8. The predicted octanol–water partition coefficient (Wildman–Crippen LogP) is 2.65. The van der Waals surface area contributed by atoms with Crippen LogP contribution in [0.1, 0.15) is 5.56 Å². The van der Waals surface area contributed by atoms with Crippen molar-refractivity contribution in [2.75, 3.05) is 0 Å². The molecule has 1 aromatic carbocycles. The monoisotopic (exact) mass is 239 g/mol. The summed E-state index contributed by atoms with van der Waals surface area (Å²) in [5.41, 5.74) is 0.536. The van der Waals surface area contributed by atoms with E-state index in [4.69, 9.17) is 16.7 Å². The van der Waals surface area contributed by atoms with Crippen LogP contribution in [0.15, 0.2) is 24.3 Å². The van der Waals surface area contributed by atoms with Crippen molar-refractivity contribution in [3.8, 4) is 0 Å². The number of carboxylic acid groups (broad SMARTS) is 1. The average Bonchev–Trinajstić information content (AvgIpc) is 2.20. The van der Waals surface area contributed by atoms with Crippen LogP contribution in [-0.2, 0) is 11.2 Å². The Kier molecular flexibility index (Phi) is 2.75. The second-order valence-electron chi connectivity index (χ2n) is 3.32. The molecule has 0 radical (unpaired) electrons. The van der Waals surface area contributed by atoms with Crippen molar-refractivity contribution in [2.24, 2.45) is 0 Å². The Balaban J connectivity index is 2.63. The minimum atomic E-state index is -1.00. The summed E-state index contributed by atoms with van der Waals surface area (Å²) >= 11 is 5.78. The Bertz CT molecular complexity index is 571. The smallest absolute Gasteiger partial charge is 0.307 e. The number of rotatable bonds is 2. The fourth-order valence-corrected chi connectivity index (χ4v) is 1.68. The van der Waals surface area contributed by atoms with Crippen LogP contribution in [0, 0.1) is 5.82 Å². The van der Waals surface area contributed by atoms with E-state index in [9.17, 15) is 9.18 Å². The molecule has 0 atom stereocenters. The molecule has 0 amide bonds. The summed E-state index contributed by atoms with van der Waals surface area (Å²) in [6.07, 6.45) is -0.224. The SMILES string of the molecule is O=C(O)Cc1cc2cccc(F)c2nc1Cl. The summed E-state index contributed by atoms with van der Waals surface area (Å²) in [5, 5.41) is 9.23. The number of halogens is 2. The van der Waals surface area contributed by atoms with Gasteiger partial charge in [-0.1, -0.05) is 23.7 Å². The van der Waals surface area contributed by atoms with Gasteiger partial charge in [-0.15, -0.1) is 0 Å². The second-order valence-corrected chi connectivity index (χ2v) is 3.68. The maximum absolute atomic E-state index is 13.3. The van der Waals surface area contributed by atoms with Crippen molar-refractivity contribution in [2.45, 2.75) is 6.42 Å². The van der Waals surface area contributed by atoms with Crippen LogP contribution in [0.3, 0.4) is 0 Å². The van der Waals surface area contributed by atoms with Gasteiger partial charge in [0.2, 0.25) is 0 Å². The number of carbonyl (C=O) groups is 1. The highest BCUT2D eigenvalue weighted by atomic mass is 35.5. The Labute approximate surface area is 95.5 Å². The summed E-state index contributed by atoms with van der Waals surface area (Å²) < 4.78 is 13.3.